The van der Waals surface area contributed by atoms with E-state index in [1.54, 1.807) is 12.1 Å². The number of benzene rings is 1. The summed E-state index contributed by atoms with van der Waals surface area (Å²) >= 11 is 0. The molecule has 3 heterocycles. The average Bonchev–Trinajstić information content (AvgIpc) is 3.17. The van der Waals surface area contributed by atoms with E-state index in [2.05, 4.69) is 4.90 Å². The topological polar surface area (TPSA) is 28.5 Å². The molecular formula is C22H28FN3O. The van der Waals surface area contributed by atoms with Crippen LogP contribution in [0, 0.1) is 5.82 Å². The first-order valence-electron chi connectivity index (χ1n) is 10.1. The van der Waals surface area contributed by atoms with E-state index in [1.165, 1.54) is 44.5 Å². The molecule has 0 atom stereocenters. The molecule has 0 radical (unpaired) electrons. The van der Waals surface area contributed by atoms with Crippen molar-refractivity contribution in [1.82, 2.24) is 14.4 Å². The van der Waals surface area contributed by atoms with Gasteiger partial charge in [0.05, 0.1) is 6.42 Å². The summed E-state index contributed by atoms with van der Waals surface area (Å²) in [5.74, 6) is -0.0609. The molecule has 27 heavy (non-hydrogen) atoms. The lowest BCUT2D eigenvalue weighted by Gasteiger charge is -2.40. The van der Waals surface area contributed by atoms with E-state index in [1.807, 2.05) is 27.8 Å². The highest BCUT2D eigenvalue weighted by Crippen LogP contribution is 2.22. The van der Waals surface area contributed by atoms with Crippen LogP contribution in [-0.4, -0.2) is 52.5 Å². The number of halogens is 1. The molecule has 2 saturated heterocycles. The maximum Gasteiger partial charge on any atom is 0.228 e. The molecule has 2 aliphatic heterocycles. The molecule has 0 saturated carbocycles. The fourth-order valence-electron chi connectivity index (χ4n) is 4.44. The number of carbonyl (C=O) groups excluding carboxylic acids is 1. The van der Waals surface area contributed by atoms with Gasteiger partial charge in [0.25, 0.3) is 0 Å². The van der Waals surface area contributed by atoms with Gasteiger partial charge in [-0.15, -0.1) is 0 Å². The van der Waals surface area contributed by atoms with Crippen LogP contribution < -0.4 is 0 Å². The van der Waals surface area contributed by atoms with Crippen molar-refractivity contribution in [2.45, 2.75) is 44.6 Å². The Labute approximate surface area is 160 Å². The normalized spacial score (nSPS) is 19.4. The maximum atomic E-state index is 13.2. The Morgan fingerprint density at radius 3 is 2.37 bits per heavy atom. The number of likely N-dealkylation sites (tertiary alicyclic amines) is 2. The number of amides is 1. The molecule has 0 unspecified atom stereocenters. The first-order chi connectivity index (χ1) is 13.2. The third kappa shape index (κ3) is 4.24. The fourth-order valence-corrected chi connectivity index (χ4v) is 4.44. The van der Waals surface area contributed by atoms with Crippen molar-refractivity contribution in [3.63, 3.8) is 0 Å². The van der Waals surface area contributed by atoms with Crippen molar-refractivity contribution in [2.24, 2.45) is 0 Å². The molecule has 0 N–H and O–H groups in total. The monoisotopic (exact) mass is 369 g/mol. The minimum atomic E-state index is -0.250. The second-order valence-electron chi connectivity index (χ2n) is 7.73. The Bertz CT molecular complexity index is 756. The molecule has 0 bridgehead atoms. The zero-order chi connectivity index (χ0) is 18.6. The summed E-state index contributed by atoms with van der Waals surface area (Å²) in [6.07, 6.45) is 8.49. The summed E-state index contributed by atoms with van der Waals surface area (Å²) < 4.78 is 15.1. The number of nitrogens with zero attached hydrogens (tertiary/aromatic N) is 3. The highest BCUT2D eigenvalue weighted by molar-refractivity contribution is 5.78. The van der Waals surface area contributed by atoms with Crippen LogP contribution >= 0.6 is 0 Å². The van der Waals surface area contributed by atoms with Crippen molar-refractivity contribution in [2.75, 3.05) is 26.2 Å². The predicted octanol–water partition coefficient (Wildman–Crippen LogP) is 3.64. The Balaban J connectivity index is 1.35. The van der Waals surface area contributed by atoms with Gasteiger partial charge in [-0.05, 0) is 75.2 Å². The summed E-state index contributed by atoms with van der Waals surface area (Å²) in [5, 5.41) is 0. The second kappa shape index (κ2) is 8.26. The van der Waals surface area contributed by atoms with Gasteiger partial charge < -0.3 is 14.4 Å². The molecule has 2 fully saturated rings. The third-order valence-corrected chi connectivity index (χ3v) is 5.99. The number of hydrogen-bond donors (Lipinski definition) is 0. The minimum Gasteiger partial charge on any atom is -0.342 e. The number of piperidine rings is 2. The Morgan fingerprint density at radius 1 is 0.963 bits per heavy atom. The van der Waals surface area contributed by atoms with Gasteiger partial charge >= 0.3 is 0 Å². The van der Waals surface area contributed by atoms with Crippen LogP contribution in [0.3, 0.4) is 0 Å². The van der Waals surface area contributed by atoms with E-state index in [0.717, 1.165) is 37.3 Å². The van der Waals surface area contributed by atoms with Gasteiger partial charge in [-0.3, -0.25) is 4.79 Å². The van der Waals surface area contributed by atoms with Gasteiger partial charge in [-0.25, -0.2) is 4.39 Å². The third-order valence-electron chi connectivity index (χ3n) is 5.99. The Hall–Kier alpha value is -2.14. The van der Waals surface area contributed by atoms with Gasteiger partial charge in [-0.1, -0.05) is 6.42 Å². The Kier molecular flexibility index (Phi) is 5.58. The molecule has 2 aromatic rings. The summed E-state index contributed by atoms with van der Waals surface area (Å²) in [7, 11) is 0. The quantitative estimate of drug-likeness (QED) is 0.823. The van der Waals surface area contributed by atoms with E-state index in [9.17, 15) is 9.18 Å². The lowest BCUT2D eigenvalue weighted by atomic mass is 9.99. The zero-order valence-corrected chi connectivity index (χ0v) is 15.8. The first-order valence-corrected chi connectivity index (χ1v) is 10.1. The van der Waals surface area contributed by atoms with Crippen molar-refractivity contribution in [3.05, 3.63) is 54.1 Å². The van der Waals surface area contributed by atoms with Gasteiger partial charge in [0.2, 0.25) is 5.91 Å². The van der Waals surface area contributed by atoms with E-state index < -0.39 is 0 Å². The standard InChI is InChI=1S/C22H28FN3O/c23-18-6-8-20(9-7-18)26-14-4-5-21(26)17-22(27)25-15-10-19(11-16-25)24-12-2-1-3-13-24/h4-9,14,19H,1-3,10-13,15-17H2. The SMILES string of the molecule is O=C(Cc1cccn1-c1ccc(F)cc1)N1CCC(N2CCCCC2)CC1. The highest BCUT2D eigenvalue weighted by atomic mass is 19.1. The van der Waals surface area contributed by atoms with Gasteiger partial charge in [0.1, 0.15) is 5.82 Å². The molecule has 1 aromatic carbocycles. The molecule has 4 nitrogen and oxygen atoms in total. The van der Waals surface area contributed by atoms with Gasteiger partial charge in [0.15, 0.2) is 0 Å². The van der Waals surface area contributed by atoms with E-state index in [4.69, 9.17) is 0 Å². The maximum absolute atomic E-state index is 13.2. The van der Waals surface area contributed by atoms with Crippen molar-refractivity contribution < 1.29 is 9.18 Å². The van der Waals surface area contributed by atoms with Crippen LogP contribution in [0.5, 0.6) is 0 Å². The van der Waals surface area contributed by atoms with Crippen molar-refractivity contribution in [1.29, 1.82) is 0 Å². The van der Waals surface area contributed by atoms with Crippen LogP contribution in [0.1, 0.15) is 37.8 Å². The number of rotatable bonds is 4. The second-order valence-corrected chi connectivity index (χ2v) is 7.73. The predicted molar refractivity (Wildman–Crippen MR) is 104 cm³/mol. The molecule has 0 aliphatic carbocycles. The largest absolute Gasteiger partial charge is 0.342 e. The molecule has 5 heteroatoms. The minimum absolute atomic E-state index is 0.189. The van der Waals surface area contributed by atoms with Gasteiger partial charge in [-0.2, -0.15) is 0 Å². The first kappa shape index (κ1) is 18.2. The van der Waals surface area contributed by atoms with Crippen molar-refractivity contribution >= 4 is 5.91 Å². The average molecular weight is 369 g/mol. The molecule has 4 rings (SSSR count). The van der Waals surface area contributed by atoms with Crippen LogP contribution in [0.2, 0.25) is 0 Å². The zero-order valence-electron chi connectivity index (χ0n) is 15.8. The molecule has 2 aliphatic rings. The molecule has 0 spiro atoms. The molecule has 144 valence electrons. The summed E-state index contributed by atoms with van der Waals surface area (Å²) in [6.45, 7) is 4.17. The van der Waals surface area contributed by atoms with Gasteiger partial charge in [0, 0.05) is 36.7 Å². The molecule has 1 aromatic heterocycles. The number of hydrogen-bond acceptors (Lipinski definition) is 2. The van der Waals surface area contributed by atoms with Crippen LogP contribution in [0.15, 0.2) is 42.6 Å². The Morgan fingerprint density at radius 2 is 1.67 bits per heavy atom. The van der Waals surface area contributed by atoms with E-state index in [0.29, 0.717) is 12.5 Å². The summed E-state index contributed by atoms with van der Waals surface area (Å²) in [6, 6.07) is 11.0. The lowest BCUT2D eigenvalue weighted by Crippen LogP contribution is -2.48. The summed E-state index contributed by atoms with van der Waals surface area (Å²) in [4.78, 5) is 17.5. The highest BCUT2D eigenvalue weighted by Gasteiger charge is 2.27. The lowest BCUT2D eigenvalue weighted by molar-refractivity contribution is -0.132. The van der Waals surface area contributed by atoms with Crippen LogP contribution in [0.25, 0.3) is 5.69 Å². The van der Waals surface area contributed by atoms with E-state index >= 15 is 0 Å². The van der Waals surface area contributed by atoms with E-state index in [-0.39, 0.29) is 11.7 Å². The summed E-state index contributed by atoms with van der Waals surface area (Å²) in [5.41, 5.74) is 1.83. The van der Waals surface area contributed by atoms with Crippen molar-refractivity contribution in [3.8, 4) is 5.69 Å². The molecule has 1 amide bonds. The fraction of sp³-hybridized carbons (Fsp3) is 0.500. The molecular weight excluding hydrogens is 341 g/mol. The number of carbonyl (C=O) groups is 1. The van der Waals surface area contributed by atoms with Crippen LogP contribution in [0.4, 0.5) is 4.39 Å². The smallest absolute Gasteiger partial charge is 0.228 e. The number of aromatic nitrogens is 1. The van der Waals surface area contributed by atoms with Crippen LogP contribution in [-0.2, 0) is 11.2 Å².